The Labute approximate surface area is 113 Å². The Bertz CT molecular complexity index is 499. The zero-order valence-electron chi connectivity index (χ0n) is 11.0. The second kappa shape index (κ2) is 7.23. The Balaban J connectivity index is 2.66. The van der Waals surface area contributed by atoms with Gasteiger partial charge >= 0.3 is 0 Å². The molecule has 0 saturated carbocycles. The maximum atomic E-state index is 12.0. The topological polar surface area (TPSA) is 77.3 Å². The molecule has 0 saturated heterocycles. The minimum absolute atomic E-state index is 0.0736. The van der Waals surface area contributed by atoms with Crippen molar-refractivity contribution in [2.75, 3.05) is 5.75 Å². The number of hydrogen-bond donors (Lipinski definition) is 0. The molecule has 0 aliphatic carbocycles. The third-order valence-corrected chi connectivity index (χ3v) is 4.77. The third kappa shape index (κ3) is 4.98. The molecule has 0 bridgehead atoms. The Morgan fingerprint density at radius 1 is 1.21 bits per heavy atom. The number of nitro groups is 1. The maximum Gasteiger partial charge on any atom is 0.214 e. The molecule has 0 radical (unpaired) electrons. The first-order chi connectivity index (χ1) is 8.97. The number of benzene rings is 1. The molecule has 0 fully saturated rings. The van der Waals surface area contributed by atoms with E-state index in [1.165, 1.54) is 12.1 Å². The summed E-state index contributed by atoms with van der Waals surface area (Å²) < 4.78 is 24.0. The molecule has 106 valence electrons. The Morgan fingerprint density at radius 2 is 1.84 bits per heavy atom. The Kier molecular flexibility index (Phi) is 5.95. The van der Waals surface area contributed by atoms with E-state index in [1.807, 2.05) is 6.92 Å². The van der Waals surface area contributed by atoms with Crippen molar-refractivity contribution in [1.82, 2.24) is 0 Å². The molecule has 0 spiro atoms. The number of unbranched alkanes of at least 4 members (excludes halogenated alkanes) is 1. The molecule has 1 aromatic carbocycles. The summed E-state index contributed by atoms with van der Waals surface area (Å²) in [4.78, 5) is 10.7. The van der Waals surface area contributed by atoms with Crippen LogP contribution in [-0.4, -0.2) is 25.1 Å². The molecule has 0 aliphatic rings. The quantitative estimate of drug-likeness (QED) is 0.543. The first kappa shape index (κ1) is 15.6. The van der Waals surface area contributed by atoms with Crippen molar-refractivity contribution in [2.45, 2.75) is 43.5 Å². The number of nitrogens with zero attached hydrogens (tertiary/aromatic N) is 1. The summed E-state index contributed by atoms with van der Waals surface area (Å²) in [7, 11) is -3.42. The summed E-state index contributed by atoms with van der Waals surface area (Å²) in [6, 6.07) is 7.30. The van der Waals surface area contributed by atoms with Gasteiger partial charge in [0, 0.05) is 17.8 Å². The highest BCUT2D eigenvalue weighted by atomic mass is 32.2. The fourth-order valence-corrected chi connectivity index (χ4v) is 3.22. The van der Waals surface area contributed by atoms with E-state index in [4.69, 9.17) is 0 Å². The minimum atomic E-state index is -3.42. The summed E-state index contributed by atoms with van der Waals surface area (Å²) >= 11 is 0. The summed E-state index contributed by atoms with van der Waals surface area (Å²) in [6.45, 7) is 1.96. The molecule has 0 aliphatic heterocycles. The summed E-state index contributed by atoms with van der Waals surface area (Å²) in [5, 5.41) is 10.9. The molecular weight excluding hydrogens is 266 g/mol. The normalized spacial score (nSPS) is 13.1. The fraction of sp³-hybridized carbons (Fsp3) is 0.538. The molecule has 1 aromatic rings. The van der Waals surface area contributed by atoms with Crippen LogP contribution in [0.3, 0.4) is 0 Å². The second-order valence-electron chi connectivity index (χ2n) is 4.50. The maximum absolute atomic E-state index is 12.0. The van der Waals surface area contributed by atoms with E-state index in [1.54, 1.807) is 18.2 Å². The van der Waals surface area contributed by atoms with Crippen LogP contribution in [0.5, 0.6) is 0 Å². The highest BCUT2D eigenvalue weighted by molar-refractivity contribution is 7.91. The molecule has 0 amide bonds. The van der Waals surface area contributed by atoms with Crippen molar-refractivity contribution in [3.8, 4) is 0 Å². The highest BCUT2D eigenvalue weighted by Gasteiger charge is 2.23. The predicted molar refractivity (Wildman–Crippen MR) is 73.4 cm³/mol. The molecule has 0 aromatic heterocycles. The van der Waals surface area contributed by atoms with Crippen LogP contribution >= 0.6 is 0 Å². The lowest BCUT2D eigenvalue weighted by Gasteiger charge is -2.09. The van der Waals surface area contributed by atoms with Crippen molar-refractivity contribution >= 4 is 9.84 Å². The molecule has 19 heavy (non-hydrogen) atoms. The van der Waals surface area contributed by atoms with Gasteiger partial charge in [-0.05, 0) is 18.6 Å². The van der Waals surface area contributed by atoms with Crippen molar-refractivity contribution in [3.63, 3.8) is 0 Å². The lowest BCUT2D eigenvalue weighted by Crippen LogP contribution is -2.23. The average Bonchev–Trinajstić information content (AvgIpc) is 2.39. The van der Waals surface area contributed by atoms with E-state index in [0.717, 1.165) is 12.8 Å². The van der Waals surface area contributed by atoms with Gasteiger partial charge in [-0.2, -0.15) is 0 Å². The Hall–Kier alpha value is -1.43. The van der Waals surface area contributed by atoms with Gasteiger partial charge in [-0.25, -0.2) is 8.42 Å². The van der Waals surface area contributed by atoms with Crippen molar-refractivity contribution in [1.29, 1.82) is 0 Å². The van der Waals surface area contributed by atoms with Gasteiger partial charge in [0.05, 0.1) is 10.6 Å². The minimum Gasteiger partial charge on any atom is -0.264 e. The van der Waals surface area contributed by atoms with Crippen LogP contribution < -0.4 is 0 Å². The van der Waals surface area contributed by atoms with Crippen LogP contribution in [0, 0.1) is 10.1 Å². The van der Waals surface area contributed by atoms with Crippen LogP contribution in [0.4, 0.5) is 0 Å². The van der Waals surface area contributed by atoms with Crippen molar-refractivity contribution in [3.05, 3.63) is 40.4 Å². The van der Waals surface area contributed by atoms with Crippen LogP contribution in [0.15, 0.2) is 35.2 Å². The largest absolute Gasteiger partial charge is 0.264 e. The van der Waals surface area contributed by atoms with E-state index >= 15 is 0 Å². The van der Waals surface area contributed by atoms with Gasteiger partial charge in [-0.3, -0.25) is 10.1 Å². The lowest BCUT2D eigenvalue weighted by atomic mass is 10.1. The lowest BCUT2D eigenvalue weighted by molar-refractivity contribution is -0.523. The van der Waals surface area contributed by atoms with E-state index in [9.17, 15) is 18.5 Å². The molecule has 1 atom stereocenters. The summed E-state index contributed by atoms with van der Waals surface area (Å²) in [5.41, 5.74) is 0. The van der Waals surface area contributed by atoms with Gasteiger partial charge in [-0.15, -0.1) is 0 Å². The van der Waals surface area contributed by atoms with Gasteiger partial charge in [0.2, 0.25) is 6.04 Å². The molecule has 1 unspecified atom stereocenters. The molecule has 0 N–H and O–H groups in total. The van der Waals surface area contributed by atoms with E-state index in [0.29, 0.717) is 6.42 Å². The monoisotopic (exact) mass is 285 g/mol. The van der Waals surface area contributed by atoms with Crippen molar-refractivity contribution in [2.24, 2.45) is 0 Å². The van der Waals surface area contributed by atoms with Gasteiger partial charge in [0.1, 0.15) is 0 Å². The highest BCUT2D eigenvalue weighted by Crippen LogP contribution is 2.15. The van der Waals surface area contributed by atoms with E-state index < -0.39 is 15.9 Å². The van der Waals surface area contributed by atoms with Gasteiger partial charge in [-0.1, -0.05) is 31.5 Å². The van der Waals surface area contributed by atoms with Crippen molar-refractivity contribution < 1.29 is 13.3 Å². The molecular formula is C13H19NO4S. The molecule has 6 heteroatoms. The first-order valence-electron chi connectivity index (χ1n) is 6.38. The number of rotatable bonds is 8. The average molecular weight is 285 g/mol. The molecule has 1 rings (SSSR count). The number of sulfone groups is 1. The van der Waals surface area contributed by atoms with Crippen LogP contribution in [0.2, 0.25) is 0 Å². The third-order valence-electron chi connectivity index (χ3n) is 3.01. The predicted octanol–water partition coefficient (Wildman–Crippen LogP) is 2.69. The van der Waals surface area contributed by atoms with Crippen LogP contribution in [0.25, 0.3) is 0 Å². The van der Waals surface area contributed by atoms with Gasteiger partial charge < -0.3 is 0 Å². The number of hydrogen-bond acceptors (Lipinski definition) is 4. The Morgan fingerprint density at radius 3 is 2.37 bits per heavy atom. The van der Waals surface area contributed by atoms with Crippen LogP contribution in [-0.2, 0) is 9.84 Å². The van der Waals surface area contributed by atoms with E-state index in [-0.39, 0.29) is 22.0 Å². The second-order valence-corrected chi connectivity index (χ2v) is 6.61. The van der Waals surface area contributed by atoms with Gasteiger partial charge in [0.25, 0.3) is 0 Å². The SMILES string of the molecule is CCCCC(CCS(=O)(=O)c1ccccc1)[N+](=O)[O-]. The first-order valence-corrected chi connectivity index (χ1v) is 8.04. The zero-order chi connectivity index (χ0) is 14.3. The summed E-state index contributed by atoms with van der Waals surface area (Å²) in [5.74, 6) is -0.174. The fourth-order valence-electron chi connectivity index (χ4n) is 1.83. The smallest absolute Gasteiger partial charge is 0.214 e. The van der Waals surface area contributed by atoms with Gasteiger partial charge in [0.15, 0.2) is 9.84 Å². The summed E-state index contributed by atoms with van der Waals surface area (Å²) in [6.07, 6.45) is 2.13. The van der Waals surface area contributed by atoms with E-state index in [2.05, 4.69) is 0 Å². The van der Waals surface area contributed by atoms with Crippen LogP contribution in [0.1, 0.15) is 32.6 Å². The molecule has 5 nitrogen and oxygen atoms in total. The molecule has 0 heterocycles. The standard InChI is InChI=1S/C13H19NO4S/c1-2-3-7-12(14(15)16)10-11-19(17,18)13-8-5-4-6-9-13/h4-6,8-9,12H,2-3,7,10-11H2,1H3. The zero-order valence-corrected chi connectivity index (χ0v) is 11.8.